The van der Waals surface area contributed by atoms with Gasteiger partial charge in [0.15, 0.2) is 0 Å². The summed E-state index contributed by atoms with van der Waals surface area (Å²) in [6, 6.07) is 45.5. The number of benzene rings is 6. The van der Waals surface area contributed by atoms with Gasteiger partial charge in [-0.2, -0.15) is 0 Å². The standard InChI is InChI=1S/C44H36NO6P/c1-28-12-20-34(21-13-28)49-35-22-14-31(15-23-35)42(52(48)41-11-7-5-9-39(41)38-8-4-6-10-40(38)51-52)32-16-24-36(25-17-32)50-37-26-18-33(19-27-37)45-43(46)29(2)30(3)44(45)47/h4-27,29-30,42H,1-3H3. The number of aryl methyl sites for hydroxylation is 1. The average molecular weight is 706 g/mol. The zero-order valence-corrected chi connectivity index (χ0v) is 29.8. The first-order chi connectivity index (χ1) is 25.2. The third-order valence-electron chi connectivity index (χ3n) is 9.94. The number of anilines is 1. The second kappa shape index (κ2) is 13.3. The molecule has 2 amide bonds. The molecule has 8 rings (SSSR count). The van der Waals surface area contributed by atoms with E-state index < -0.39 is 13.0 Å². The van der Waals surface area contributed by atoms with Crippen LogP contribution in [0.15, 0.2) is 146 Å². The van der Waals surface area contributed by atoms with Crippen molar-refractivity contribution < 1.29 is 28.2 Å². The van der Waals surface area contributed by atoms with Crippen LogP contribution in [-0.4, -0.2) is 11.8 Å². The molecule has 0 aromatic heterocycles. The van der Waals surface area contributed by atoms with Crippen LogP contribution in [0, 0.1) is 18.8 Å². The van der Waals surface area contributed by atoms with E-state index in [0.717, 1.165) is 33.6 Å². The summed E-state index contributed by atoms with van der Waals surface area (Å²) in [5.74, 6) is 2.00. The summed E-state index contributed by atoms with van der Waals surface area (Å²) in [5, 5.41) is 0.665. The number of carbonyl (C=O) groups is 2. The van der Waals surface area contributed by atoms with Crippen molar-refractivity contribution in [2.75, 3.05) is 4.90 Å². The monoisotopic (exact) mass is 705 g/mol. The molecule has 0 radical (unpaired) electrons. The van der Waals surface area contributed by atoms with Crippen molar-refractivity contribution in [2.24, 2.45) is 11.8 Å². The summed E-state index contributed by atoms with van der Waals surface area (Å²) in [6.45, 7) is 5.59. The zero-order valence-electron chi connectivity index (χ0n) is 28.9. The highest BCUT2D eigenvalue weighted by Crippen LogP contribution is 2.65. The highest BCUT2D eigenvalue weighted by Gasteiger charge is 2.45. The molecule has 4 unspecified atom stereocenters. The predicted molar refractivity (Wildman–Crippen MR) is 203 cm³/mol. The number of ether oxygens (including phenoxy) is 2. The maximum Gasteiger partial charge on any atom is 0.289 e. The van der Waals surface area contributed by atoms with E-state index in [1.807, 2.05) is 128 Å². The molecular formula is C44H36NO6P. The van der Waals surface area contributed by atoms with E-state index in [1.54, 1.807) is 38.1 Å². The van der Waals surface area contributed by atoms with Crippen LogP contribution in [0.5, 0.6) is 28.7 Å². The first kappa shape index (κ1) is 33.2. The van der Waals surface area contributed by atoms with Gasteiger partial charge in [-0.3, -0.25) is 19.1 Å². The Kier molecular flexibility index (Phi) is 8.52. The quantitative estimate of drug-likeness (QED) is 0.116. The summed E-state index contributed by atoms with van der Waals surface area (Å²) >= 11 is 0. The van der Waals surface area contributed by atoms with Crippen LogP contribution in [0.4, 0.5) is 5.69 Å². The average Bonchev–Trinajstić information content (AvgIpc) is 3.36. The molecule has 0 saturated carbocycles. The van der Waals surface area contributed by atoms with Gasteiger partial charge in [-0.05, 0) is 96.4 Å². The smallest absolute Gasteiger partial charge is 0.289 e. The maximum absolute atomic E-state index is 15.6. The Morgan fingerprint density at radius 1 is 0.577 bits per heavy atom. The second-order valence-corrected chi connectivity index (χ2v) is 15.7. The lowest BCUT2D eigenvalue weighted by molar-refractivity contribution is -0.122. The number of hydrogen-bond donors (Lipinski definition) is 0. The van der Waals surface area contributed by atoms with Gasteiger partial charge in [0.25, 0.3) is 7.37 Å². The van der Waals surface area contributed by atoms with E-state index in [-0.39, 0.29) is 23.7 Å². The van der Waals surface area contributed by atoms with Crippen LogP contribution < -0.4 is 24.2 Å². The normalized spacial score (nSPS) is 19.7. The van der Waals surface area contributed by atoms with Crippen molar-refractivity contribution in [1.29, 1.82) is 0 Å². The minimum atomic E-state index is -3.64. The summed E-state index contributed by atoms with van der Waals surface area (Å²) in [4.78, 5) is 26.6. The molecule has 52 heavy (non-hydrogen) atoms. The number of imide groups is 1. The minimum Gasteiger partial charge on any atom is -0.457 e. The fourth-order valence-corrected chi connectivity index (χ4v) is 9.78. The summed E-state index contributed by atoms with van der Waals surface area (Å²) in [5.41, 5.74) is 4.42. The van der Waals surface area contributed by atoms with E-state index in [0.29, 0.717) is 34.0 Å². The van der Waals surface area contributed by atoms with Gasteiger partial charge in [0.05, 0.1) is 11.0 Å². The number of nitrogens with zero attached hydrogens (tertiary/aromatic N) is 1. The molecule has 2 heterocycles. The maximum atomic E-state index is 15.6. The lowest BCUT2D eigenvalue weighted by Crippen LogP contribution is -2.30. The van der Waals surface area contributed by atoms with Crippen molar-refractivity contribution in [2.45, 2.75) is 26.4 Å². The fourth-order valence-electron chi connectivity index (χ4n) is 6.89. The van der Waals surface area contributed by atoms with Crippen molar-refractivity contribution in [3.63, 3.8) is 0 Å². The molecule has 0 spiro atoms. The molecule has 0 aliphatic carbocycles. The Morgan fingerprint density at radius 3 is 1.56 bits per heavy atom. The zero-order chi connectivity index (χ0) is 36.0. The number of para-hydroxylation sites is 1. The number of carbonyl (C=O) groups excluding carboxylic acids is 2. The van der Waals surface area contributed by atoms with Gasteiger partial charge in [0.2, 0.25) is 11.8 Å². The Morgan fingerprint density at radius 2 is 1.02 bits per heavy atom. The van der Waals surface area contributed by atoms with Gasteiger partial charge in [0.1, 0.15) is 34.4 Å². The van der Waals surface area contributed by atoms with Gasteiger partial charge in [-0.25, -0.2) is 0 Å². The van der Waals surface area contributed by atoms with Crippen LogP contribution in [0.1, 0.15) is 36.2 Å². The van der Waals surface area contributed by atoms with Crippen molar-refractivity contribution in [3.05, 3.63) is 162 Å². The first-order valence-corrected chi connectivity index (χ1v) is 19.0. The lowest BCUT2D eigenvalue weighted by Gasteiger charge is -2.34. The van der Waals surface area contributed by atoms with Gasteiger partial charge < -0.3 is 14.0 Å². The Labute approximate surface area is 302 Å². The molecular weight excluding hydrogens is 669 g/mol. The van der Waals surface area contributed by atoms with Crippen LogP contribution in [0.2, 0.25) is 0 Å². The van der Waals surface area contributed by atoms with Crippen molar-refractivity contribution >= 4 is 30.2 Å². The highest BCUT2D eigenvalue weighted by molar-refractivity contribution is 7.68. The number of rotatable bonds is 8. The fraction of sp³-hybridized carbons (Fsp3) is 0.136. The van der Waals surface area contributed by atoms with Gasteiger partial charge in [-0.1, -0.05) is 92.2 Å². The molecule has 0 bridgehead atoms. The molecule has 4 atom stereocenters. The highest BCUT2D eigenvalue weighted by atomic mass is 31.2. The molecule has 1 fully saturated rings. The third kappa shape index (κ3) is 5.97. The number of hydrogen-bond acceptors (Lipinski definition) is 6. The summed E-state index contributed by atoms with van der Waals surface area (Å²) in [7, 11) is -3.64. The number of amides is 2. The summed E-state index contributed by atoms with van der Waals surface area (Å²) < 4.78 is 34.5. The van der Waals surface area contributed by atoms with E-state index in [4.69, 9.17) is 14.0 Å². The van der Waals surface area contributed by atoms with Crippen molar-refractivity contribution in [3.8, 4) is 39.9 Å². The van der Waals surface area contributed by atoms with Crippen LogP contribution in [0.25, 0.3) is 11.1 Å². The lowest BCUT2D eigenvalue weighted by atomic mass is 10.00. The molecule has 1 saturated heterocycles. The molecule has 2 aliphatic heterocycles. The molecule has 258 valence electrons. The van der Waals surface area contributed by atoms with Crippen LogP contribution >= 0.6 is 7.37 Å². The van der Waals surface area contributed by atoms with E-state index in [1.165, 1.54) is 4.90 Å². The minimum absolute atomic E-state index is 0.197. The van der Waals surface area contributed by atoms with Crippen LogP contribution in [-0.2, 0) is 14.2 Å². The van der Waals surface area contributed by atoms with E-state index >= 15 is 4.57 Å². The Hall–Kier alpha value is -5.91. The Bertz CT molecular complexity index is 2320. The largest absolute Gasteiger partial charge is 0.457 e. The SMILES string of the molecule is Cc1ccc(Oc2ccc(C(c3ccc(Oc4ccc(N5C(=O)C(C)C(C)C5=O)cc4)cc3)P3(=O)Oc4ccccc4-c4ccccc43)cc2)cc1. The van der Waals surface area contributed by atoms with E-state index in [2.05, 4.69) is 0 Å². The molecule has 8 heteroatoms. The number of fused-ring (bicyclic) bond motifs is 3. The van der Waals surface area contributed by atoms with E-state index in [9.17, 15) is 9.59 Å². The topological polar surface area (TPSA) is 82.1 Å². The van der Waals surface area contributed by atoms with Gasteiger partial charge in [0, 0.05) is 17.4 Å². The predicted octanol–water partition coefficient (Wildman–Crippen LogP) is 10.5. The first-order valence-electron chi connectivity index (χ1n) is 17.3. The van der Waals surface area contributed by atoms with Gasteiger partial charge >= 0.3 is 0 Å². The van der Waals surface area contributed by atoms with Crippen LogP contribution in [0.3, 0.4) is 0 Å². The Balaban J connectivity index is 1.12. The van der Waals surface area contributed by atoms with Crippen molar-refractivity contribution in [1.82, 2.24) is 0 Å². The molecule has 0 N–H and O–H groups in total. The molecule has 7 nitrogen and oxygen atoms in total. The second-order valence-electron chi connectivity index (χ2n) is 13.3. The third-order valence-corrected chi connectivity index (χ3v) is 12.7. The molecule has 2 aliphatic rings. The van der Waals surface area contributed by atoms with Gasteiger partial charge in [-0.15, -0.1) is 0 Å². The molecule has 6 aromatic rings. The molecule has 6 aromatic carbocycles. The summed E-state index contributed by atoms with van der Waals surface area (Å²) in [6.07, 6.45) is 0.